The van der Waals surface area contributed by atoms with Gasteiger partial charge in [0.1, 0.15) is 5.75 Å². The van der Waals surface area contributed by atoms with Crippen molar-refractivity contribution >= 4 is 0 Å². The van der Waals surface area contributed by atoms with Gasteiger partial charge in [0.15, 0.2) is 0 Å². The third-order valence-electron chi connectivity index (χ3n) is 4.02. The molecule has 2 nitrogen and oxygen atoms in total. The fraction of sp³-hybridized carbons (Fsp3) is 0.333. The number of benzene rings is 2. The van der Waals surface area contributed by atoms with Crippen molar-refractivity contribution in [2.24, 2.45) is 5.73 Å². The Morgan fingerprint density at radius 2 is 1.95 bits per heavy atom. The quantitative estimate of drug-likeness (QED) is 0.909. The van der Waals surface area contributed by atoms with Crippen molar-refractivity contribution < 1.29 is 4.74 Å². The number of nitrogens with two attached hydrogens (primary N) is 1. The van der Waals surface area contributed by atoms with Gasteiger partial charge in [0.25, 0.3) is 0 Å². The van der Waals surface area contributed by atoms with Crippen molar-refractivity contribution in [2.45, 2.75) is 32.2 Å². The van der Waals surface area contributed by atoms with Gasteiger partial charge in [0.2, 0.25) is 0 Å². The van der Waals surface area contributed by atoms with E-state index < -0.39 is 0 Å². The molecule has 1 heterocycles. The summed E-state index contributed by atoms with van der Waals surface area (Å²) in [4.78, 5) is 0. The lowest BCUT2D eigenvalue weighted by molar-refractivity contribution is 0.289. The SMILES string of the molecule is CCC(N)c1ccc(-c2cccc3c2OCCC3)cc1. The number of rotatable bonds is 3. The van der Waals surface area contributed by atoms with Gasteiger partial charge in [-0.3, -0.25) is 0 Å². The molecule has 3 rings (SSSR count). The molecule has 2 N–H and O–H groups in total. The first-order valence-electron chi connectivity index (χ1n) is 7.40. The number of fused-ring (bicyclic) bond motifs is 1. The minimum atomic E-state index is 0.130. The molecule has 0 amide bonds. The number of aryl methyl sites for hydroxylation is 1. The summed E-state index contributed by atoms with van der Waals surface area (Å²) in [6, 6.07) is 15.1. The van der Waals surface area contributed by atoms with Gasteiger partial charge < -0.3 is 10.5 Å². The third kappa shape index (κ3) is 2.44. The Bertz CT molecular complexity index is 589. The highest BCUT2D eigenvalue weighted by Gasteiger charge is 2.15. The monoisotopic (exact) mass is 267 g/mol. The van der Waals surface area contributed by atoms with Crippen molar-refractivity contribution in [3.05, 3.63) is 53.6 Å². The minimum absolute atomic E-state index is 0.130. The molecule has 1 aliphatic heterocycles. The standard InChI is InChI=1S/C18H21NO/c1-2-17(19)14-10-8-13(9-11-14)16-7-3-5-15-6-4-12-20-18(15)16/h3,5,7-11,17H,2,4,6,12,19H2,1H3. The number of hydrogen-bond donors (Lipinski definition) is 1. The number of para-hydroxylation sites is 1. The van der Waals surface area contributed by atoms with Gasteiger partial charge in [0.05, 0.1) is 6.61 Å². The first kappa shape index (κ1) is 13.2. The van der Waals surface area contributed by atoms with Crippen molar-refractivity contribution in [3.63, 3.8) is 0 Å². The fourth-order valence-electron chi connectivity index (χ4n) is 2.76. The summed E-state index contributed by atoms with van der Waals surface area (Å²) >= 11 is 0. The van der Waals surface area contributed by atoms with E-state index in [2.05, 4.69) is 49.4 Å². The Balaban J connectivity index is 1.97. The molecule has 20 heavy (non-hydrogen) atoms. The molecular formula is C18H21NO. The van der Waals surface area contributed by atoms with Gasteiger partial charge in [-0.25, -0.2) is 0 Å². The summed E-state index contributed by atoms with van der Waals surface area (Å²) in [5.41, 5.74) is 11.0. The van der Waals surface area contributed by atoms with Crippen molar-refractivity contribution in [1.82, 2.24) is 0 Å². The Hall–Kier alpha value is -1.80. The molecule has 0 aromatic heterocycles. The van der Waals surface area contributed by atoms with Gasteiger partial charge in [-0.2, -0.15) is 0 Å². The van der Waals surface area contributed by atoms with E-state index in [9.17, 15) is 0 Å². The van der Waals surface area contributed by atoms with Crippen LogP contribution in [0.15, 0.2) is 42.5 Å². The van der Waals surface area contributed by atoms with Crippen molar-refractivity contribution in [2.75, 3.05) is 6.61 Å². The average Bonchev–Trinajstić information content (AvgIpc) is 2.54. The number of hydrogen-bond acceptors (Lipinski definition) is 2. The first-order chi connectivity index (χ1) is 9.79. The molecule has 0 aliphatic carbocycles. The zero-order chi connectivity index (χ0) is 13.9. The van der Waals surface area contributed by atoms with Gasteiger partial charge >= 0.3 is 0 Å². The molecule has 0 spiro atoms. The molecule has 0 saturated heterocycles. The Kier molecular flexibility index (Phi) is 3.75. The highest BCUT2D eigenvalue weighted by Crippen LogP contribution is 2.36. The lowest BCUT2D eigenvalue weighted by atomic mass is 9.96. The lowest BCUT2D eigenvalue weighted by Gasteiger charge is -2.20. The van der Waals surface area contributed by atoms with Crippen LogP contribution < -0.4 is 10.5 Å². The summed E-state index contributed by atoms with van der Waals surface area (Å²) in [5.74, 6) is 1.06. The van der Waals surface area contributed by atoms with Crippen LogP contribution in [-0.2, 0) is 6.42 Å². The van der Waals surface area contributed by atoms with Crippen LogP contribution in [0.3, 0.4) is 0 Å². The van der Waals surface area contributed by atoms with E-state index >= 15 is 0 Å². The van der Waals surface area contributed by atoms with Crippen LogP contribution in [0, 0.1) is 0 Å². The molecule has 2 aromatic carbocycles. The summed E-state index contributed by atoms with van der Waals surface area (Å²) in [5, 5.41) is 0. The maximum atomic E-state index is 6.07. The molecule has 0 bridgehead atoms. The van der Waals surface area contributed by atoms with Crippen LogP contribution in [0.4, 0.5) is 0 Å². The Morgan fingerprint density at radius 3 is 2.70 bits per heavy atom. The smallest absolute Gasteiger partial charge is 0.130 e. The third-order valence-corrected chi connectivity index (χ3v) is 4.02. The highest BCUT2D eigenvalue weighted by atomic mass is 16.5. The summed E-state index contributed by atoms with van der Waals surface area (Å²) in [6.45, 7) is 2.93. The Labute approximate surface area is 120 Å². The van der Waals surface area contributed by atoms with Crippen LogP contribution in [0.5, 0.6) is 5.75 Å². The second-order valence-corrected chi connectivity index (χ2v) is 5.38. The van der Waals surface area contributed by atoms with Gasteiger partial charge in [0, 0.05) is 11.6 Å². The van der Waals surface area contributed by atoms with E-state index in [-0.39, 0.29) is 6.04 Å². The summed E-state index contributed by atoms with van der Waals surface area (Å²) in [6.07, 6.45) is 3.19. The van der Waals surface area contributed by atoms with E-state index in [4.69, 9.17) is 10.5 Å². The first-order valence-corrected chi connectivity index (χ1v) is 7.40. The van der Waals surface area contributed by atoms with E-state index in [1.807, 2.05) is 0 Å². The van der Waals surface area contributed by atoms with E-state index in [1.54, 1.807) is 0 Å². The second kappa shape index (κ2) is 5.68. The molecule has 1 atom stereocenters. The van der Waals surface area contributed by atoms with Crippen molar-refractivity contribution in [3.8, 4) is 16.9 Å². The topological polar surface area (TPSA) is 35.2 Å². The van der Waals surface area contributed by atoms with E-state index in [0.717, 1.165) is 31.6 Å². The molecule has 104 valence electrons. The Morgan fingerprint density at radius 1 is 1.15 bits per heavy atom. The van der Waals surface area contributed by atoms with Crippen LogP contribution >= 0.6 is 0 Å². The van der Waals surface area contributed by atoms with Crippen LogP contribution in [0.1, 0.15) is 36.9 Å². The van der Waals surface area contributed by atoms with E-state index in [1.165, 1.54) is 22.3 Å². The highest BCUT2D eigenvalue weighted by molar-refractivity contribution is 5.72. The minimum Gasteiger partial charge on any atom is -0.493 e. The zero-order valence-corrected chi connectivity index (χ0v) is 11.9. The normalized spacial score (nSPS) is 15.3. The molecular weight excluding hydrogens is 246 g/mol. The molecule has 0 saturated carbocycles. The van der Waals surface area contributed by atoms with Gasteiger partial charge in [-0.1, -0.05) is 49.4 Å². The van der Waals surface area contributed by atoms with E-state index in [0.29, 0.717) is 0 Å². The summed E-state index contributed by atoms with van der Waals surface area (Å²) < 4.78 is 5.88. The molecule has 2 heteroatoms. The van der Waals surface area contributed by atoms with Crippen LogP contribution in [-0.4, -0.2) is 6.61 Å². The van der Waals surface area contributed by atoms with Crippen molar-refractivity contribution in [1.29, 1.82) is 0 Å². The van der Waals surface area contributed by atoms with Gasteiger partial charge in [-0.15, -0.1) is 0 Å². The predicted octanol–water partition coefficient (Wildman–Crippen LogP) is 4.09. The molecule has 2 aromatic rings. The number of ether oxygens (including phenoxy) is 1. The summed E-state index contributed by atoms with van der Waals surface area (Å²) in [7, 11) is 0. The average molecular weight is 267 g/mol. The molecule has 0 radical (unpaired) electrons. The predicted molar refractivity (Wildman–Crippen MR) is 82.9 cm³/mol. The maximum Gasteiger partial charge on any atom is 0.130 e. The van der Waals surface area contributed by atoms with Crippen LogP contribution in [0.2, 0.25) is 0 Å². The van der Waals surface area contributed by atoms with Crippen LogP contribution in [0.25, 0.3) is 11.1 Å². The molecule has 0 fully saturated rings. The zero-order valence-electron chi connectivity index (χ0n) is 11.9. The lowest BCUT2D eigenvalue weighted by Crippen LogP contribution is -2.09. The largest absolute Gasteiger partial charge is 0.493 e. The molecule has 1 aliphatic rings. The van der Waals surface area contributed by atoms with Gasteiger partial charge in [-0.05, 0) is 36.0 Å². The molecule has 1 unspecified atom stereocenters. The maximum absolute atomic E-state index is 6.07. The second-order valence-electron chi connectivity index (χ2n) is 5.38. The fourth-order valence-corrected chi connectivity index (χ4v) is 2.76.